The van der Waals surface area contributed by atoms with E-state index < -0.39 is 44.8 Å². The first-order chi connectivity index (χ1) is 25.4. The molecule has 300 valence electrons. The van der Waals surface area contributed by atoms with Crippen molar-refractivity contribution in [2.75, 3.05) is 20.1 Å². The summed E-state index contributed by atoms with van der Waals surface area (Å²) in [6.45, 7) is 21.7. The average molecular weight is 763 g/mol. The van der Waals surface area contributed by atoms with E-state index in [-0.39, 0.29) is 29.1 Å². The lowest BCUT2D eigenvalue weighted by molar-refractivity contribution is -0.140. The van der Waals surface area contributed by atoms with E-state index in [1.165, 1.54) is 0 Å². The Balaban J connectivity index is 2.08. The van der Waals surface area contributed by atoms with Crippen LogP contribution in [0.3, 0.4) is 0 Å². The van der Waals surface area contributed by atoms with Gasteiger partial charge in [-0.2, -0.15) is 0 Å². The number of likely N-dealkylation sites (tertiary alicyclic amines) is 1. The Hall–Kier alpha value is -3.47. The molecule has 3 rings (SSSR count). The molecule has 3 N–H and O–H groups in total. The van der Waals surface area contributed by atoms with Crippen LogP contribution < -0.4 is 16.0 Å². The number of piperidine rings is 1. The third-order valence-corrected chi connectivity index (χ3v) is 11.4. The quantitative estimate of drug-likeness (QED) is 0.141. The van der Waals surface area contributed by atoms with Gasteiger partial charge in [0.15, 0.2) is 9.04 Å². The molecule has 1 unspecified atom stereocenters. The summed E-state index contributed by atoms with van der Waals surface area (Å²) in [6.07, 6.45) is 6.55. The van der Waals surface area contributed by atoms with E-state index in [1.807, 2.05) is 106 Å². The third-order valence-electron chi connectivity index (χ3n) is 10.5. The minimum atomic E-state index is -1.64. The molecule has 0 aliphatic carbocycles. The molecule has 2 aromatic carbocycles. The number of allylic oxidation sites excluding steroid dienone is 1. The lowest BCUT2D eigenvalue weighted by Gasteiger charge is -2.43. The minimum Gasteiger partial charge on any atom is -0.444 e. The molecule has 1 heterocycles. The van der Waals surface area contributed by atoms with E-state index in [1.54, 1.807) is 0 Å². The van der Waals surface area contributed by atoms with E-state index in [0.29, 0.717) is 32.0 Å². The van der Waals surface area contributed by atoms with E-state index in [4.69, 9.17) is 9.16 Å². The van der Waals surface area contributed by atoms with Crippen LogP contribution >= 0.6 is 0 Å². The summed E-state index contributed by atoms with van der Waals surface area (Å²) in [7, 11) is 0.325. The molecule has 2 aromatic rings. The van der Waals surface area contributed by atoms with Crippen LogP contribution in [0.15, 0.2) is 66.7 Å². The zero-order valence-electron chi connectivity index (χ0n) is 35.0. The van der Waals surface area contributed by atoms with Crippen molar-refractivity contribution in [2.45, 2.75) is 130 Å². The van der Waals surface area contributed by atoms with Crippen LogP contribution in [0.2, 0.25) is 13.1 Å². The van der Waals surface area contributed by atoms with Gasteiger partial charge in [0.05, 0.1) is 12.1 Å². The van der Waals surface area contributed by atoms with Crippen molar-refractivity contribution in [3.05, 3.63) is 77.9 Å². The number of nitrogens with zero attached hydrogens (tertiary/aromatic N) is 1. The lowest BCUT2D eigenvalue weighted by Crippen LogP contribution is -2.56. The predicted octanol–water partition coefficient (Wildman–Crippen LogP) is 8.13. The number of nitrogens with one attached hydrogen (secondary N) is 3. The number of amides is 3. The van der Waals surface area contributed by atoms with Gasteiger partial charge < -0.3 is 30.0 Å². The summed E-state index contributed by atoms with van der Waals surface area (Å²) in [4.78, 5) is 44.5. The molecule has 10 heteroatoms. The van der Waals surface area contributed by atoms with Gasteiger partial charge in [-0.1, -0.05) is 114 Å². The number of carbonyl (C=O) groups is 3. The number of benzene rings is 2. The zero-order valence-corrected chi connectivity index (χ0v) is 36.1. The lowest BCUT2D eigenvalue weighted by atomic mass is 9.69. The number of rotatable bonds is 17. The van der Waals surface area contributed by atoms with Gasteiger partial charge in [0.25, 0.3) is 0 Å². The summed E-state index contributed by atoms with van der Waals surface area (Å²) in [6, 6.07) is 19.3. The number of ether oxygens (including phenoxy) is 1. The Morgan fingerprint density at radius 1 is 0.926 bits per heavy atom. The van der Waals surface area contributed by atoms with Crippen molar-refractivity contribution >= 4 is 33.0 Å². The molecular weight excluding hydrogens is 693 g/mol. The van der Waals surface area contributed by atoms with Gasteiger partial charge in [-0.05, 0) is 95.0 Å². The van der Waals surface area contributed by atoms with Crippen LogP contribution in [0, 0.1) is 23.2 Å². The molecule has 0 spiro atoms. The second kappa shape index (κ2) is 21.0. The second-order valence-corrected chi connectivity index (χ2v) is 19.8. The van der Waals surface area contributed by atoms with Gasteiger partial charge in [0.1, 0.15) is 11.6 Å². The molecule has 0 saturated carbocycles. The maximum Gasteiger partial charge on any atom is 0.407 e. The van der Waals surface area contributed by atoms with Gasteiger partial charge in [0, 0.05) is 25.0 Å². The molecule has 0 radical (unpaired) electrons. The second-order valence-electron chi connectivity index (χ2n) is 17.4. The van der Waals surface area contributed by atoms with Crippen molar-refractivity contribution in [3.8, 4) is 0 Å². The Kier molecular flexibility index (Phi) is 17.5. The molecule has 54 heavy (non-hydrogen) atoms. The first-order valence-corrected chi connectivity index (χ1v) is 22.9. The van der Waals surface area contributed by atoms with E-state index in [0.717, 1.165) is 30.4 Å². The van der Waals surface area contributed by atoms with Crippen LogP contribution in [0.5, 0.6) is 0 Å². The summed E-state index contributed by atoms with van der Waals surface area (Å²) in [5, 5.41) is 9.89. The molecule has 0 bridgehead atoms. The highest BCUT2D eigenvalue weighted by molar-refractivity contribution is 6.48. The van der Waals surface area contributed by atoms with Crippen molar-refractivity contribution in [1.82, 2.24) is 20.9 Å². The highest BCUT2D eigenvalue weighted by Gasteiger charge is 2.43. The number of hydrogen-bond acceptors (Lipinski definition) is 6. The first kappa shape index (κ1) is 44.9. The molecule has 1 aliphatic rings. The predicted molar refractivity (Wildman–Crippen MR) is 223 cm³/mol. The molecule has 9 nitrogen and oxygen atoms in total. The van der Waals surface area contributed by atoms with Crippen LogP contribution in [0.4, 0.5) is 4.79 Å². The van der Waals surface area contributed by atoms with Gasteiger partial charge in [0.2, 0.25) is 11.8 Å². The fourth-order valence-corrected chi connectivity index (χ4v) is 8.18. The van der Waals surface area contributed by atoms with E-state index in [9.17, 15) is 14.4 Å². The smallest absolute Gasteiger partial charge is 0.407 e. The van der Waals surface area contributed by atoms with Crippen molar-refractivity contribution in [2.24, 2.45) is 23.2 Å². The maximum atomic E-state index is 14.8. The Labute approximate surface area is 328 Å². The van der Waals surface area contributed by atoms with Crippen molar-refractivity contribution in [1.29, 1.82) is 0 Å². The topological polar surface area (TPSA) is 109 Å². The van der Waals surface area contributed by atoms with E-state index in [2.05, 4.69) is 62.8 Å². The minimum absolute atomic E-state index is 0.0119. The van der Waals surface area contributed by atoms with Crippen molar-refractivity contribution < 1.29 is 23.5 Å². The van der Waals surface area contributed by atoms with Gasteiger partial charge in [-0.25, -0.2) is 4.79 Å². The SMILES string of the molecule is CC[C@H](C)[C@H](NC(=O)[C@H](CC=Cc1ccccc1)C[C@H]([C@H](NC(=O)OC(C)(C)C)C(O[SiH](C)C)c1ccccc1)C(C)(C)C)C(=O)N1CCC(NC)CC1. The summed E-state index contributed by atoms with van der Waals surface area (Å²) in [5.74, 6) is -0.948. The van der Waals surface area contributed by atoms with Crippen molar-refractivity contribution in [3.63, 3.8) is 0 Å². The van der Waals surface area contributed by atoms with Crippen LogP contribution in [0.1, 0.15) is 105 Å². The standard InChI is InChI=1S/C44H70N4O5Si/c1-12-31(2)37(41(50)48-28-26-35(45-9)27-29-48)46-40(49)34(25-19-22-32-20-15-13-16-21-32)30-36(43(3,4)5)38(47-42(51)52-44(6,7)8)39(53-54(10)11)33-23-17-14-18-24-33/h13-24,31,34-39,45,54H,12,25-30H2,1-11H3,(H,46,49)(H,47,51)/t31-,34+,36+,37-,38-,39?/m0/s1. The first-order valence-electron chi connectivity index (χ1n) is 20.1. The maximum absolute atomic E-state index is 14.8. The summed E-state index contributed by atoms with van der Waals surface area (Å²) >= 11 is 0. The molecule has 6 atom stereocenters. The summed E-state index contributed by atoms with van der Waals surface area (Å²) < 4.78 is 12.7. The normalized spacial score (nSPS) is 17.7. The molecule has 1 aliphatic heterocycles. The molecule has 1 fully saturated rings. The Morgan fingerprint density at radius 2 is 1.52 bits per heavy atom. The number of alkyl carbamates (subject to hydrolysis) is 1. The highest BCUT2D eigenvalue weighted by atomic mass is 28.3. The molecular formula is C44H70N4O5Si. The average Bonchev–Trinajstić information content (AvgIpc) is 3.12. The Morgan fingerprint density at radius 3 is 2.04 bits per heavy atom. The monoisotopic (exact) mass is 763 g/mol. The fraction of sp³-hybridized carbons (Fsp3) is 0.614. The van der Waals surface area contributed by atoms with Gasteiger partial charge in [-0.15, -0.1) is 0 Å². The fourth-order valence-electron chi connectivity index (χ4n) is 7.27. The molecule has 3 amide bonds. The Bertz CT molecular complexity index is 1470. The number of carbonyl (C=O) groups excluding carboxylic acids is 3. The molecule has 1 saturated heterocycles. The largest absolute Gasteiger partial charge is 0.444 e. The van der Waals surface area contributed by atoms with Gasteiger partial charge in [-0.3, -0.25) is 9.59 Å². The molecule has 0 aromatic heterocycles. The summed E-state index contributed by atoms with van der Waals surface area (Å²) in [5.41, 5.74) is 0.931. The van der Waals surface area contributed by atoms with Crippen LogP contribution in [-0.2, 0) is 18.8 Å². The highest BCUT2D eigenvalue weighted by Crippen LogP contribution is 2.41. The van der Waals surface area contributed by atoms with Crippen LogP contribution in [-0.4, -0.2) is 75.7 Å². The van der Waals surface area contributed by atoms with Crippen LogP contribution in [0.25, 0.3) is 6.08 Å². The number of hydrogen-bond donors (Lipinski definition) is 3. The zero-order chi connectivity index (χ0) is 40.1. The third kappa shape index (κ3) is 14.3. The van der Waals surface area contributed by atoms with E-state index >= 15 is 0 Å². The van der Waals surface area contributed by atoms with Gasteiger partial charge >= 0.3 is 6.09 Å².